The topological polar surface area (TPSA) is 0 Å². The van der Waals surface area contributed by atoms with E-state index < -0.39 is 0 Å². The van der Waals surface area contributed by atoms with Crippen molar-refractivity contribution in [1.82, 2.24) is 0 Å². The smallest absolute Gasteiger partial charge is 0.0351 e. The van der Waals surface area contributed by atoms with Crippen LogP contribution in [-0.4, -0.2) is 0 Å². The first-order chi connectivity index (χ1) is 8.35. The van der Waals surface area contributed by atoms with Crippen LogP contribution in [-0.2, 0) is 0 Å². The largest absolute Gasteiger partial charge is 0.0917 e. The molecule has 0 fully saturated rings. The fourth-order valence-corrected chi connectivity index (χ4v) is 2.45. The Balaban J connectivity index is 3.36. The van der Waals surface area contributed by atoms with Gasteiger partial charge in [-0.3, -0.25) is 0 Å². The molecule has 17 heavy (non-hydrogen) atoms. The Bertz CT molecular complexity index is 157. The highest BCUT2D eigenvalue weighted by atomic mass is 14.1. The van der Waals surface area contributed by atoms with Crippen LogP contribution in [0.3, 0.4) is 0 Å². The first-order valence-corrected chi connectivity index (χ1v) is 7.96. The third kappa shape index (κ3) is 12.0. The van der Waals surface area contributed by atoms with E-state index in [0.29, 0.717) is 0 Å². The van der Waals surface area contributed by atoms with Gasteiger partial charge in [0.2, 0.25) is 0 Å². The maximum Gasteiger partial charge on any atom is -0.0351 e. The molecule has 1 unspecified atom stereocenters. The predicted molar refractivity (Wildman–Crippen MR) is 80.4 cm³/mol. The Morgan fingerprint density at radius 3 is 2.06 bits per heavy atom. The SMILES string of the molecule is CC=CCCCCC(CC)CCCCCCC. The molecule has 0 saturated carbocycles. The zero-order chi connectivity index (χ0) is 12.8. The van der Waals surface area contributed by atoms with Gasteiger partial charge in [0.25, 0.3) is 0 Å². The summed E-state index contributed by atoms with van der Waals surface area (Å²) in [6.45, 7) is 6.77. The Labute approximate surface area is 110 Å². The lowest BCUT2D eigenvalue weighted by molar-refractivity contribution is 0.398. The van der Waals surface area contributed by atoms with Crippen LogP contribution in [0, 0.1) is 5.92 Å². The van der Waals surface area contributed by atoms with Crippen LogP contribution in [0.15, 0.2) is 12.2 Å². The molecule has 0 aliphatic heterocycles. The molecule has 0 radical (unpaired) electrons. The standard InChI is InChI=1S/C17H34/c1-4-7-9-11-13-15-17(6-3)16-14-12-10-8-5-2/h4,7,17H,5-6,8-16H2,1-3H3. The minimum atomic E-state index is 1.00. The summed E-state index contributed by atoms with van der Waals surface area (Å²) in [6.07, 6.45) is 20.1. The highest BCUT2D eigenvalue weighted by Gasteiger charge is 2.05. The van der Waals surface area contributed by atoms with E-state index in [0.717, 1.165) is 5.92 Å². The van der Waals surface area contributed by atoms with Crippen molar-refractivity contribution in [3.8, 4) is 0 Å². The molecule has 0 amide bonds. The zero-order valence-electron chi connectivity index (χ0n) is 12.5. The van der Waals surface area contributed by atoms with Gasteiger partial charge < -0.3 is 0 Å². The van der Waals surface area contributed by atoms with Crippen molar-refractivity contribution in [3.63, 3.8) is 0 Å². The summed E-state index contributed by atoms with van der Waals surface area (Å²) < 4.78 is 0. The van der Waals surface area contributed by atoms with Crippen LogP contribution >= 0.6 is 0 Å². The fraction of sp³-hybridized carbons (Fsp3) is 0.882. The van der Waals surface area contributed by atoms with Gasteiger partial charge in [0, 0.05) is 0 Å². The summed E-state index contributed by atoms with van der Waals surface area (Å²) in [5, 5.41) is 0. The summed E-state index contributed by atoms with van der Waals surface area (Å²) >= 11 is 0. The molecule has 0 heteroatoms. The van der Waals surface area contributed by atoms with Gasteiger partial charge in [-0.15, -0.1) is 0 Å². The number of rotatable bonds is 12. The van der Waals surface area contributed by atoms with Crippen molar-refractivity contribution in [2.24, 2.45) is 5.92 Å². The summed E-state index contributed by atoms with van der Waals surface area (Å²) in [4.78, 5) is 0. The van der Waals surface area contributed by atoms with E-state index in [1.54, 1.807) is 0 Å². The molecule has 0 aromatic rings. The van der Waals surface area contributed by atoms with Gasteiger partial charge in [0.05, 0.1) is 0 Å². The number of hydrogen-bond acceptors (Lipinski definition) is 0. The molecule has 0 aliphatic rings. The Kier molecular flexibility index (Phi) is 13.6. The molecule has 0 bridgehead atoms. The lowest BCUT2D eigenvalue weighted by Gasteiger charge is -2.14. The van der Waals surface area contributed by atoms with Crippen LogP contribution in [0.5, 0.6) is 0 Å². The van der Waals surface area contributed by atoms with Crippen LogP contribution in [0.4, 0.5) is 0 Å². The molecule has 0 nitrogen and oxygen atoms in total. The van der Waals surface area contributed by atoms with Crippen molar-refractivity contribution in [3.05, 3.63) is 12.2 Å². The van der Waals surface area contributed by atoms with Crippen molar-refractivity contribution >= 4 is 0 Å². The highest BCUT2D eigenvalue weighted by molar-refractivity contribution is 4.76. The van der Waals surface area contributed by atoms with Gasteiger partial charge in [0.15, 0.2) is 0 Å². The molecule has 0 aromatic carbocycles. The number of unbranched alkanes of at least 4 members (excludes halogenated alkanes) is 6. The molecule has 102 valence electrons. The second-order valence-electron chi connectivity index (χ2n) is 5.33. The minimum absolute atomic E-state index is 1.00. The van der Waals surface area contributed by atoms with E-state index in [9.17, 15) is 0 Å². The number of allylic oxidation sites excluding steroid dienone is 2. The molecule has 0 saturated heterocycles. The zero-order valence-corrected chi connectivity index (χ0v) is 12.5. The first kappa shape index (κ1) is 16.7. The highest BCUT2D eigenvalue weighted by Crippen LogP contribution is 2.20. The summed E-state index contributed by atoms with van der Waals surface area (Å²) in [5.74, 6) is 1.00. The molecule has 0 aliphatic carbocycles. The Morgan fingerprint density at radius 1 is 0.824 bits per heavy atom. The molecular weight excluding hydrogens is 204 g/mol. The van der Waals surface area contributed by atoms with Gasteiger partial charge in [-0.1, -0.05) is 83.8 Å². The third-order valence-corrected chi connectivity index (χ3v) is 3.76. The second-order valence-corrected chi connectivity index (χ2v) is 5.33. The number of hydrogen-bond donors (Lipinski definition) is 0. The average Bonchev–Trinajstić information content (AvgIpc) is 2.36. The van der Waals surface area contributed by atoms with Crippen molar-refractivity contribution < 1.29 is 0 Å². The monoisotopic (exact) mass is 238 g/mol. The van der Waals surface area contributed by atoms with E-state index >= 15 is 0 Å². The van der Waals surface area contributed by atoms with E-state index in [-0.39, 0.29) is 0 Å². The van der Waals surface area contributed by atoms with Gasteiger partial charge in [-0.05, 0) is 25.7 Å². The Hall–Kier alpha value is -0.260. The molecule has 0 heterocycles. The van der Waals surface area contributed by atoms with Gasteiger partial charge >= 0.3 is 0 Å². The lowest BCUT2D eigenvalue weighted by Crippen LogP contribution is -1.99. The summed E-state index contributed by atoms with van der Waals surface area (Å²) in [6, 6.07) is 0. The minimum Gasteiger partial charge on any atom is -0.0917 e. The predicted octanol–water partition coefficient (Wildman–Crippen LogP) is 6.51. The van der Waals surface area contributed by atoms with Crippen LogP contribution in [0.1, 0.15) is 91.4 Å². The molecule has 0 spiro atoms. The third-order valence-electron chi connectivity index (χ3n) is 3.76. The quantitative estimate of drug-likeness (QED) is 0.268. The lowest BCUT2D eigenvalue weighted by atomic mass is 9.92. The molecule has 0 aromatic heterocycles. The van der Waals surface area contributed by atoms with E-state index in [1.165, 1.54) is 70.6 Å². The molecule has 0 rings (SSSR count). The van der Waals surface area contributed by atoms with Gasteiger partial charge in [0.1, 0.15) is 0 Å². The van der Waals surface area contributed by atoms with Crippen LogP contribution < -0.4 is 0 Å². The normalized spacial score (nSPS) is 13.4. The van der Waals surface area contributed by atoms with Crippen molar-refractivity contribution in [2.45, 2.75) is 91.4 Å². The van der Waals surface area contributed by atoms with E-state index in [2.05, 4.69) is 32.9 Å². The summed E-state index contributed by atoms with van der Waals surface area (Å²) in [7, 11) is 0. The van der Waals surface area contributed by atoms with E-state index in [1.807, 2.05) is 0 Å². The Morgan fingerprint density at radius 2 is 1.47 bits per heavy atom. The summed E-state index contributed by atoms with van der Waals surface area (Å²) in [5.41, 5.74) is 0. The first-order valence-electron chi connectivity index (χ1n) is 7.96. The van der Waals surface area contributed by atoms with Crippen LogP contribution in [0.25, 0.3) is 0 Å². The van der Waals surface area contributed by atoms with Crippen LogP contribution in [0.2, 0.25) is 0 Å². The maximum atomic E-state index is 2.36. The second kappa shape index (κ2) is 13.8. The maximum absolute atomic E-state index is 2.36. The fourth-order valence-electron chi connectivity index (χ4n) is 2.45. The van der Waals surface area contributed by atoms with Gasteiger partial charge in [-0.25, -0.2) is 0 Å². The molecule has 0 N–H and O–H groups in total. The molecule has 1 atom stereocenters. The average molecular weight is 238 g/mol. The van der Waals surface area contributed by atoms with Gasteiger partial charge in [-0.2, -0.15) is 0 Å². The van der Waals surface area contributed by atoms with Crippen molar-refractivity contribution in [1.29, 1.82) is 0 Å². The van der Waals surface area contributed by atoms with E-state index in [4.69, 9.17) is 0 Å². The van der Waals surface area contributed by atoms with Crippen molar-refractivity contribution in [2.75, 3.05) is 0 Å². The molecular formula is C17H34.